The average molecular weight is 1110 g/mol. The third-order valence-corrected chi connectivity index (χ3v) is 13.0. The third-order valence-electron chi connectivity index (χ3n) is 13.0. The van der Waals surface area contributed by atoms with Crippen LogP contribution in [0.15, 0.2) is 146 Å². The molecule has 0 bridgehead atoms. The Bertz CT molecular complexity index is 3240. The first-order valence-electron chi connectivity index (χ1n) is 26.3. The number of nitrogens with two attached hydrogens (primary N) is 1. The normalized spacial score (nSPS) is 10.5. The van der Waals surface area contributed by atoms with Crippen molar-refractivity contribution in [1.82, 2.24) is 25.3 Å². The number of aryl methyl sites for hydroxylation is 1. The molecule has 19 heteroatoms. The number of hydrogen-bond donors (Lipinski definition) is 9. The molecule has 0 fully saturated rings. The zero-order valence-corrected chi connectivity index (χ0v) is 46.0. The number of rotatable bonds is 21. The summed E-state index contributed by atoms with van der Waals surface area (Å²) in [4.78, 5) is 89.7. The molecule has 422 valence electrons. The summed E-state index contributed by atoms with van der Waals surface area (Å²) in [5.74, 6) is -1.38. The first-order valence-corrected chi connectivity index (χ1v) is 26.3. The van der Waals surface area contributed by atoms with Crippen LogP contribution in [0.5, 0.6) is 0 Å². The molecule has 0 spiro atoms. The molecule has 82 heavy (non-hydrogen) atoms. The lowest BCUT2D eigenvalue weighted by Gasteiger charge is -2.17. The van der Waals surface area contributed by atoms with E-state index >= 15 is 0 Å². The second kappa shape index (κ2) is 31.3. The van der Waals surface area contributed by atoms with E-state index in [1.807, 2.05) is 100 Å². The van der Waals surface area contributed by atoms with Crippen LogP contribution in [0.25, 0.3) is 22.3 Å². The molecule has 10 N–H and O–H groups in total. The molecule has 0 saturated carbocycles. The standard InChI is InChI=1S/C33H37N5O4.C28H22N4O4.C2H7NO/c1-22-26(8-5-10-28(22)37-32(41)30-14-12-24(20-35-30)7-3-4-17-39)27-9-6-11-29(23(27)2)38-33(42)31-15-13-25(21-36-31)19-34-16-18-40;1-17-21(5-3-7-23(17)31-27(35)25-11-9-19(15-33)13-29-25)22-6-4-8-24(18(22)2)32-28(36)26-12-10-20(16-34)14-30-26;3-1-2-4/h5-6,8-15,20-21,34,39-40H,3-4,7,16-19H2,1-2H3,(H,37,41)(H,38,42);3-16H,1-2H3,(H,31,35)(H,32,36);4H,1-3H2. The predicted molar refractivity (Wildman–Crippen MR) is 317 cm³/mol. The summed E-state index contributed by atoms with van der Waals surface area (Å²) in [5.41, 5.74) is 18.2. The Labute approximate surface area is 475 Å². The number of aldehydes is 2. The number of nitrogens with one attached hydrogen (secondary N) is 5. The molecule has 4 aromatic heterocycles. The van der Waals surface area contributed by atoms with Gasteiger partial charge in [0.15, 0.2) is 12.6 Å². The van der Waals surface area contributed by atoms with E-state index in [0.29, 0.717) is 77.5 Å². The number of carbonyl (C=O) groups excluding carboxylic acids is 6. The minimum absolute atomic E-state index is 0.0599. The number of benzene rings is 4. The van der Waals surface area contributed by atoms with Crippen LogP contribution in [0.1, 0.15) is 109 Å². The fourth-order valence-corrected chi connectivity index (χ4v) is 8.34. The van der Waals surface area contributed by atoms with Crippen LogP contribution in [0.3, 0.4) is 0 Å². The molecular formula is C63H66N10O9. The Kier molecular flexibility index (Phi) is 23.6. The Morgan fingerprint density at radius 3 is 1.06 bits per heavy atom. The highest BCUT2D eigenvalue weighted by Crippen LogP contribution is 2.36. The van der Waals surface area contributed by atoms with Gasteiger partial charge in [0.2, 0.25) is 0 Å². The fraction of sp³-hybridized carbons (Fsp3) is 0.206. The second-order valence-corrected chi connectivity index (χ2v) is 18.6. The van der Waals surface area contributed by atoms with Gasteiger partial charge in [-0.2, -0.15) is 0 Å². The molecule has 0 radical (unpaired) electrons. The Balaban J connectivity index is 0.000000250. The van der Waals surface area contributed by atoms with Crippen LogP contribution in [0.2, 0.25) is 0 Å². The number of hydrogen-bond acceptors (Lipinski definition) is 15. The summed E-state index contributed by atoms with van der Waals surface area (Å²) < 4.78 is 0. The van der Waals surface area contributed by atoms with Crippen molar-refractivity contribution in [3.05, 3.63) is 213 Å². The number of anilines is 4. The molecule has 8 rings (SSSR count). The zero-order valence-electron chi connectivity index (χ0n) is 46.0. The number of aromatic nitrogens is 4. The second-order valence-electron chi connectivity index (χ2n) is 18.6. The number of carbonyl (C=O) groups is 6. The van der Waals surface area contributed by atoms with Gasteiger partial charge in [0.1, 0.15) is 22.8 Å². The van der Waals surface area contributed by atoms with Crippen molar-refractivity contribution >= 4 is 59.0 Å². The molecule has 0 atom stereocenters. The highest BCUT2D eigenvalue weighted by atomic mass is 16.3. The van der Waals surface area contributed by atoms with E-state index in [9.17, 15) is 28.8 Å². The number of aliphatic hydroxyl groups excluding tert-OH is 3. The minimum Gasteiger partial charge on any atom is -0.396 e. The smallest absolute Gasteiger partial charge is 0.274 e. The molecule has 0 aliphatic rings. The van der Waals surface area contributed by atoms with Gasteiger partial charge in [-0.1, -0.05) is 60.7 Å². The van der Waals surface area contributed by atoms with Gasteiger partial charge >= 0.3 is 0 Å². The van der Waals surface area contributed by atoms with Gasteiger partial charge < -0.3 is 47.6 Å². The van der Waals surface area contributed by atoms with Crippen LogP contribution in [0, 0.1) is 27.7 Å². The van der Waals surface area contributed by atoms with E-state index in [-0.39, 0.29) is 43.0 Å². The van der Waals surface area contributed by atoms with E-state index in [1.165, 1.54) is 36.7 Å². The lowest BCUT2D eigenvalue weighted by atomic mass is 9.94. The number of pyridine rings is 4. The quantitative estimate of drug-likeness (QED) is 0.0241. The van der Waals surface area contributed by atoms with Crippen LogP contribution < -0.4 is 32.3 Å². The van der Waals surface area contributed by atoms with Gasteiger partial charge in [-0.3, -0.25) is 48.7 Å². The molecule has 0 saturated heterocycles. The Hall–Kier alpha value is -9.50. The van der Waals surface area contributed by atoms with Gasteiger partial charge in [0.05, 0.1) is 13.2 Å². The van der Waals surface area contributed by atoms with Gasteiger partial charge in [0, 0.05) is 84.9 Å². The number of unbranched alkanes of at least 4 members (excludes halogenated alkanes) is 1. The predicted octanol–water partition coefficient (Wildman–Crippen LogP) is 8.49. The van der Waals surface area contributed by atoms with Crippen molar-refractivity contribution in [1.29, 1.82) is 0 Å². The van der Waals surface area contributed by atoms with Crippen molar-refractivity contribution < 1.29 is 44.1 Å². The molecule has 4 aromatic carbocycles. The highest BCUT2D eigenvalue weighted by Gasteiger charge is 2.18. The minimum atomic E-state index is -0.390. The van der Waals surface area contributed by atoms with E-state index < -0.39 is 11.8 Å². The maximum Gasteiger partial charge on any atom is 0.274 e. The van der Waals surface area contributed by atoms with Crippen LogP contribution in [-0.2, 0) is 13.0 Å². The summed E-state index contributed by atoms with van der Waals surface area (Å²) >= 11 is 0. The average Bonchev–Trinajstić information content (AvgIpc) is 3.70. The number of nitrogens with zero attached hydrogens (tertiary/aromatic N) is 4. The zero-order chi connectivity index (χ0) is 59.0. The summed E-state index contributed by atoms with van der Waals surface area (Å²) in [5, 5.41) is 40.4. The van der Waals surface area contributed by atoms with Crippen molar-refractivity contribution in [2.45, 2.75) is 53.5 Å². The van der Waals surface area contributed by atoms with E-state index in [0.717, 1.165) is 74.9 Å². The molecule has 4 amide bonds. The lowest BCUT2D eigenvalue weighted by molar-refractivity contribution is 0.101. The highest BCUT2D eigenvalue weighted by molar-refractivity contribution is 6.07. The summed E-state index contributed by atoms with van der Waals surface area (Å²) in [6, 6.07) is 35.8. The van der Waals surface area contributed by atoms with Crippen molar-refractivity contribution in [2.24, 2.45) is 5.73 Å². The Morgan fingerprint density at radius 2 is 0.780 bits per heavy atom. The molecule has 4 heterocycles. The van der Waals surface area contributed by atoms with Crippen molar-refractivity contribution in [2.75, 3.05) is 54.2 Å². The largest absolute Gasteiger partial charge is 0.396 e. The number of aliphatic hydroxyl groups is 3. The first kappa shape index (κ1) is 61.7. The maximum absolute atomic E-state index is 13.0. The molecule has 8 aromatic rings. The van der Waals surface area contributed by atoms with Crippen molar-refractivity contribution in [3.8, 4) is 22.3 Å². The van der Waals surface area contributed by atoms with Crippen LogP contribution in [-0.4, -0.2) is 104 Å². The molecule has 0 unspecified atom stereocenters. The lowest BCUT2D eigenvalue weighted by Crippen LogP contribution is -2.18. The molecule has 0 aliphatic carbocycles. The van der Waals surface area contributed by atoms with Gasteiger partial charge in [-0.25, -0.2) is 0 Å². The monoisotopic (exact) mass is 1110 g/mol. The fourth-order valence-electron chi connectivity index (χ4n) is 8.34. The summed E-state index contributed by atoms with van der Waals surface area (Å²) in [6.45, 7) is 9.45. The topological polar surface area (TPSA) is 301 Å². The van der Waals surface area contributed by atoms with E-state index in [1.54, 1.807) is 36.7 Å². The van der Waals surface area contributed by atoms with Gasteiger partial charge in [-0.05, 0) is 163 Å². The first-order chi connectivity index (χ1) is 39.7. The van der Waals surface area contributed by atoms with Crippen LogP contribution in [0.4, 0.5) is 22.7 Å². The SMILES string of the molecule is Cc1c(NC(=O)c2ccc(C=O)cn2)cccc1-c1cccc(NC(=O)c2ccc(C=O)cn2)c1C.Cc1c(NC(=O)c2ccc(CCCCO)cn2)cccc1-c1cccc(NC(=O)c2ccc(CNCCO)cn2)c1C.NCCO. The van der Waals surface area contributed by atoms with E-state index in [4.69, 9.17) is 21.1 Å². The third kappa shape index (κ3) is 17.0. The molecule has 19 nitrogen and oxygen atoms in total. The maximum atomic E-state index is 13.0. The summed E-state index contributed by atoms with van der Waals surface area (Å²) in [7, 11) is 0. The number of amides is 4. The summed E-state index contributed by atoms with van der Waals surface area (Å²) in [6.07, 6.45) is 9.80. The van der Waals surface area contributed by atoms with Crippen molar-refractivity contribution in [3.63, 3.8) is 0 Å². The van der Waals surface area contributed by atoms with E-state index in [2.05, 4.69) is 46.5 Å². The molecule has 0 aliphatic heterocycles. The van der Waals surface area contributed by atoms with Gasteiger partial charge in [0.25, 0.3) is 23.6 Å². The van der Waals surface area contributed by atoms with Gasteiger partial charge in [-0.15, -0.1) is 0 Å². The van der Waals surface area contributed by atoms with Crippen LogP contribution >= 0.6 is 0 Å². The Morgan fingerprint density at radius 1 is 0.439 bits per heavy atom. The molecular weight excluding hydrogens is 1040 g/mol.